The zero-order valence-electron chi connectivity index (χ0n) is 17.9. The van der Waals surface area contributed by atoms with Crippen molar-refractivity contribution in [1.82, 2.24) is 9.97 Å². The summed E-state index contributed by atoms with van der Waals surface area (Å²) in [4.78, 5) is 21.9. The molecule has 180 valence electrons. The van der Waals surface area contributed by atoms with Crippen molar-refractivity contribution >= 4 is 44.8 Å². The molecule has 1 fully saturated rings. The van der Waals surface area contributed by atoms with E-state index in [0.717, 1.165) is 18.4 Å². The number of ketones is 1. The quantitative estimate of drug-likeness (QED) is 0.406. The van der Waals surface area contributed by atoms with Crippen molar-refractivity contribution < 1.29 is 21.8 Å². The molecule has 3 aromatic rings. The summed E-state index contributed by atoms with van der Waals surface area (Å²) in [5.74, 6) is -0.258. The average Bonchev–Trinajstić information content (AvgIpc) is 3.45. The third-order valence-electron chi connectivity index (χ3n) is 5.61. The number of rotatable bonds is 9. The summed E-state index contributed by atoms with van der Waals surface area (Å²) in [6, 6.07) is 6.58. The van der Waals surface area contributed by atoms with Gasteiger partial charge in [0.1, 0.15) is 18.0 Å². The summed E-state index contributed by atoms with van der Waals surface area (Å²) in [6.07, 6.45) is 5.32. The SMILES string of the molecule is NS(=O)(=O)OC[C@@H]1CC[C@H](Nc2ncncc2C(=O)c2cc(Cc3cccc(Cl)c3F)cs2)C1. The van der Waals surface area contributed by atoms with Gasteiger partial charge in [-0.3, -0.25) is 8.98 Å². The van der Waals surface area contributed by atoms with E-state index in [-0.39, 0.29) is 29.4 Å². The lowest BCUT2D eigenvalue weighted by Gasteiger charge is -2.15. The highest BCUT2D eigenvalue weighted by molar-refractivity contribution is 7.84. The molecule has 2 heterocycles. The Morgan fingerprint density at radius 2 is 2.18 bits per heavy atom. The minimum atomic E-state index is -3.97. The van der Waals surface area contributed by atoms with Crippen LogP contribution in [0.3, 0.4) is 0 Å². The summed E-state index contributed by atoms with van der Waals surface area (Å²) >= 11 is 7.13. The molecule has 0 bridgehead atoms. The van der Waals surface area contributed by atoms with Crippen molar-refractivity contribution in [3.05, 3.63) is 74.6 Å². The van der Waals surface area contributed by atoms with Crippen molar-refractivity contribution in [2.75, 3.05) is 11.9 Å². The second kappa shape index (κ2) is 10.4. The Hall–Kier alpha value is -2.44. The lowest BCUT2D eigenvalue weighted by atomic mass is 10.1. The maximum atomic E-state index is 14.2. The second-order valence-corrected chi connectivity index (χ2v) is 10.7. The van der Waals surface area contributed by atoms with Crippen LogP contribution in [0.15, 0.2) is 42.2 Å². The molecule has 4 rings (SSSR count). The molecule has 1 aromatic carbocycles. The first-order chi connectivity index (χ1) is 16.2. The van der Waals surface area contributed by atoms with Gasteiger partial charge in [-0.15, -0.1) is 11.3 Å². The minimum absolute atomic E-state index is 0.000213. The Balaban J connectivity index is 1.44. The number of nitrogens with one attached hydrogen (secondary N) is 1. The highest BCUT2D eigenvalue weighted by Crippen LogP contribution is 2.30. The van der Waals surface area contributed by atoms with Crippen molar-refractivity contribution in [3.8, 4) is 0 Å². The van der Waals surface area contributed by atoms with E-state index >= 15 is 0 Å². The predicted molar refractivity (Wildman–Crippen MR) is 128 cm³/mol. The Kier molecular flexibility index (Phi) is 7.58. The first-order valence-corrected chi connectivity index (χ1v) is 13.2. The fourth-order valence-corrected chi connectivity index (χ4v) is 5.42. The zero-order valence-corrected chi connectivity index (χ0v) is 20.3. The van der Waals surface area contributed by atoms with Gasteiger partial charge in [0.05, 0.1) is 22.1 Å². The van der Waals surface area contributed by atoms with Crippen LogP contribution >= 0.6 is 22.9 Å². The van der Waals surface area contributed by atoms with E-state index in [4.69, 9.17) is 20.9 Å². The fraction of sp³-hybridized carbons (Fsp3) is 0.318. The van der Waals surface area contributed by atoms with E-state index in [0.29, 0.717) is 34.7 Å². The lowest BCUT2D eigenvalue weighted by Crippen LogP contribution is -2.22. The molecule has 0 spiro atoms. The molecule has 12 heteroatoms. The molecule has 3 N–H and O–H groups in total. The number of carbonyl (C=O) groups excluding carboxylic acids is 1. The Bertz CT molecular complexity index is 1300. The van der Waals surface area contributed by atoms with Gasteiger partial charge in [0.25, 0.3) is 0 Å². The molecule has 8 nitrogen and oxygen atoms in total. The number of nitrogens with two attached hydrogens (primary N) is 1. The number of halogens is 2. The van der Waals surface area contributed by atoms with Crippen molar-refractivity contribution in [3.63, 3.8) is 0 Å². The number of hydrogen-bond acceptors (Lipinski definition) is 8. The summed E-state index contributed by atoms with van der Waals surface area (Å²) in [7, 11) is -3.97. The van der Waals surface area contributed by atoms with E-state index in [1.165, 1.54) is 29.9 Å². The molecule has 0 unspecified atom stereocenters. The highest BCUT2D eigenvalue weighted by atomic mass is 35.5. The molecule has 0 saturated heterocycles. The standard InChI is InChI=1S/C22H22ClFN4O4S2/c23-18-3-1-2-15(20(18)24)6-14-8-19(33-11-14)21(29)17-9-26-12-27-22(17)28-16-5-4-13(7-16)10-32-34(25,30)31/h1-3,8-9,11-13,16H,4-7,10H2,(H2,25,30,31)(H,26,27,28)/t13-,16+/m1/s1. The third kappa shape index (κ3) is 6.16. The summed E-state index contributed by atoms with van der Waals surface area (Å²) in [5.41, 5.74) is 1.58. The van der Waals surface area contributed by atoms with Crippen LogP contribution in [0.4, 0.5) is 10.2 Å². The van der Waals surface area contributed by atoms with Gasteiger partial charge < -0.3 is 5.32 Å². The van der Waals surface area contributed by atoms with E-state index < -0.39 is 16.1 Å². The lowest BCUT2D eigenvalue weighted by molar-refractivity contribution is 0.104. The predicted octanol–water partition coefficient (Wildman–Crippen LogP) is 3.95. The van der Waals surface area contributed by atoms with Gasteiger partial charge in [-0.05, 0) is 53.8 Å². The Labute approximate surface area is 205 Å². The van der Waals surface area contributed by atoms with Crippen LogP contribution in [-0.4, -0.2) is 36.8 Å². The summed E-state index contributed by atoms with van der Waals surface area (Å²) < 4.78 is 41.0. The van der Waals surface area contributed by atoms with Crippen LogP contribution in [0, 0.1) is 11.7 Å². The number of aromatic nitrogens is 2. The number of anilines is 1. The highest BCUT2D eigenvalue weighted by Gasteiger charge is 2.28. The Morgan fingerprint density at radius 1 is 1.35 bits per heavy atom. The zero-order chi connectivity index (χ0) is 24.3. The smallest absolute Gasteiger partial charge is 0.333 e. The largest absolute Gasteiger partial charge is 0.367 e. The van der Waals surface area contributed by atoms with E-state index in [1.54, 1.807) is 18.2 Å². The van der Waals surface area contributed by atoms with E-state index in [9.17, 15) is 17.6 Å². The molecule has 1 aliphatic carbocycles. The minimum Gasteiger partial charge on any atom is -0.367 e. The van der Waals surface area contributed by atoms with Gasteiger partial charge in [0.15, 0.2) is 0 Å². The number of nitrogens with zero attached hydrogens (tertiary/aromatic N) is 2. The molecule has 34 heavy (non-hydrogen) atoms. The van der Waals surface area contributed by atoms with Gasteiger partial charge in [-0.2, -0.15) is 8.42 Å². The van der Waals surface area contributed by atoms with Gasteiger partial charge >= 0.3 is 10.3 Å². The molecular weight excluding hydrogens is 503 g/mol. The van der Waals surface area contributed by atoms with Gasteiger partial charge in [-0.25, -0.2) is 19.5 Å². The normalized spacial score (nSPS) is 18.2. The van der Waals surface area contributed by atoms with Crippen molar-refractivity contribution in [2.45, 2.75) is 31.7 Å². The maximum absolute atomic E-state index is 14.2. The summed E-state index contributed by atoms with van der Waals surface area (Å²) in [6.45, 7) is 0.0256. The number of benzene rings is 1. The molecule has 0 radical (unpaired) electrons. The van der Waals surface area contributed by atoms with Crippen molar-refractivity contribution in [1.29, 1.82) is 0 Å². The molecule has 2 aromatic heterocycles. The topological polar surface area (TPSA) is 124 Å². The van der Waals surface area contributed by atoms with Crippen LogP contribution in [0.1, 0.15) is 45.6 Å². The van der Waals surface area contributed by atoms with Crippen LogP contribution in [0.2, 0.25) is 5.02 Å². The summed E-state index contributed by atoms with van der Waals surface area (Å²) in [5, 5.41) is 10.1. The number of carbonyl (C=O) groups is 1. The molecule has 0 aliphatic heterocycles. The third-order valence-corrected chi connectivity index (χ3v) is 7.34. The molecule has 1 aliphatic rings. The molecule has 1 saturated carbocycles. The monoisotopic (exact) mass is 524 g/mol. The van der Waals surface area contributed by atoms with E-state index in [2.05, 4.69) is 15.3 Å². The van der Waals surface area contributed by atoms with Gasteiger partial charge in [-0.1, -0.05) is 23.7 Å². The van der Waals surface area contributed by atoms with E-state index in [1.807, 2.05) is 5.38 Å². The first kappa shape index (κ1) is 24.7. The number of hydrogen-bond donors (Lipinski definition) is 2. The van der Waals surface area contributed by atoms with Crippen LogP contribution in [0.25, 0.3) is 0 Å². The van der Waals surface area contributed by atoms with Crippen LogP contribution in [-0.2, 0) is 20.9 Å². The van der Waals surface area contributed by atoms with Crippen LogP contribution < -0.4 is 10.5 Å². The van der Waals surface area contributed by atoms with Gasteiger partial charge in [0.2, 0.25) is 5.78 Å². The van der Waals surface area contributed by atoms with Crippen molar-refractivity contribution in [2.24, 2.45) is 11.1 Å². The fourth-order valence-electron chi connectivity index (χ4n) is 3.98. The second-order valence-electron chi connectivity index (χ2n) is 8.12. The molecule has 2 atom stereocenters. The van der Waals surface area contributed by atoms with Gasteiger partial charge in [0, 0.05) is 18.7 Å². The molecule has 0 amide bonds. The molecular formula is C22H22ClFN4O4S2. The first-order valence-electron chi connectivity index (χ1n) is 10.5. The average molecular weight is 525 g/mol. The number of thiophene rings is 1. The Morgan fingerprint density at radius 3 is 2.97 bits per heavy atom. The maximum Gasteiger partial charge on any atom is 0.333 e. The van der Waals surface area contributed by atoms with Crippen LogP contribution in [0.5, 0.6) is 0 Å².